The Morgan fingerprint density at radius 1 is 1.32 bits per heavy atom. The zero-order chi connectivity index (χ0) is 13.8. The lowest BCUT2D eigenvalue weighted by Crippen LogP contribution is -2.23. The summed E-state index contributed by atoms with van der Waals surface area (Å²) in [5.41, 5.74) is 0.927. The van der Waals surface area contributed by atoms with Crippen LogP contribution in [0, 0.1) is 5.82 Å². The average Bonchev–Trinajstić information content (AvgIpc) is 2.81. The fraction of sp³-hybridized carbons (Fsp3) is 0.286. The van der Waals surface area contributed by atoms with Crippen LogP contribution in [0.1, 0.15) is 29.8 Å². The van der Waals surface area contributed by atoms with Crippen LogP contribution in [0.2, 0.25) is 0 Å². The van der Waals surface area contributed by atoms with Crippen LogP contribution in [0.4, 0.5) is 4.39 Å². The first-order chi connectivity index (χ1) is 9.15. The summed E-state index contributed by atoms with van der Waals surface area (Å²) in [6, 6.07) is 7.19. The van der Waals surface area contributed by atoms with Crippen molar-refractivity contribution in [3.63, 3.8) is 0 Å². The molecule has 0 fully saturated rings. The summed E-state index contributed by atoms with van der Waals surface area (Å²) in [6.45, 7) is 3.01. The second-order valence-electron chi connectivity index (χ2n) is 4.16. The second-order valence-corrected chi connectivity index (χ2v) is 6.76. The smallest absolute Gasteiger partial charge is 0.137 e. The van der Waals surface area contributed by atoms with Crippen molar-refractivity contribution < 1.29 is 4.39 Å². The van der Waals surface area contributed by atoms with E-state index in [1.165, 1.54) is 10.9 Å². The van der Waals surface area contributed by atoms with Gasteiger partial charge in [-0.3, -0.25) is 0 Å². The van der Waals surface area contributed by atoms with Crippen LogP contribution in [0.3, 0.4) is 0 Å². The zero-order valence-corrected chi connectivity index (χ0v) is 14.4. The Kier molecular flexibility index (Phi) is 5.57. The molecule has 19 heavy (non-hydrogen) atoms. The Hall–Kier alpha value is -0.230. The van der Waals surface area contributed by atoms with Crippen molar-refractivity contribution in [2.24, 2.45) is 0 Å². The number of rotatable bonds is 5. The maximum absolute atomic E-state index is 13.7. The number of benzene rings is 1. The molecule has 0 saturated carbocycles. The van der Waals surface area contributed by atoms with Crippen molar-refractivity contribution in [3.8, 4) is 0 Å². The molecule has 0 spiro atoms. The molecular formula is C14H14Br2FNS. The Bertz CT molecular complexity index is 556. The lowest BCUT2D eigenvalue weighted by molar-refractivity contribution is 0.584. The molecule has 0 radical (unpaired) electrons. The molecule has 0 aliphatic rings. The van der Waals surface area contributed by atoms with E-state index in [-0.39, 0.29) is 11.9 Å². The van der Waals surface area contributed by atoms with Gasteiger partial charge in [-0.25, -0.2) is 4.39 Å². The van der Waals surface area contributed by atoms with Gasteiger partial charge in [0.25, 0.3) is 0 Å². The first kappa shape index (κ1) is 15.2. The van der Waals surface area contributed by atoms with Crippen LogP contribution in [-0.2, 0) is 0 Å². The number of thiophene rings is 1. The highest BCUT2D eigenvalue weighted by Crippen LogP contribution is 2.36. The van der Waals surface area contributed by atoms with Crippen molar-refractivity contribution in [2.75, 3.05) is 6.54 Å². The molecule has 1 aromatic heterocycles. The molecule has 2 rings (SSSR count). The molecule has 1 N–H and O–H groups in total. The van der Waals surface area contributed by atoms with Gasteiger partial charge >= 0.3 is 0 Å². The lowest BCUT2D eigenvalue weighted by atomic mass is 10.0. The summed E-state index contributed by atoms with van der Waals surface area (Å²) >= 11 is 8.58. The quantitative estimate of drug-likeness (QED) is 0.690. The molecule has 5 heteroatoms. The van der Waals surface area contributed by atoms with E-state index in [0.29, 0.717) is 4.47 Å². The fourth-order valence-electron chi connectivity index (χ4n) is 1.89. The maximum Gasteiger partial charge on any atom is 0.137 e. The molecule has 0 bridgehead atoms. The van der Waals surface area contributed by atoms with Crippen LogP contribution < -0.4 is 5.32 Å². The monoisotopic (exact) mass is 405 g/mol. The van der Waals surface area contributed by atoms with Gasteiger partial charge in [0, 0.05) is 9.35 Å². The Labute approximate surface area is 133 Å². The molecule has 1 heterocycles. The number of hydrogen-bond donors (Lipinski definition) is 1. The van der Waals surface area contributed by atoms with Gasteiger partial charge in [0.05, 0.1) is 10.5 Å². The number of halogens is 3. The molecule has 0 aliphatic heterocycles. The third-order valence-corrected chi connectivity index (χ3v) is 5.57. The topological polar surface area (TPSA) is 12.0 Å². The second kappa shape index (κ2) is 6.97. The molecule has 1 unspecified atom stereocenters. The molecule has 0 amide bonds. The van der Waals surface area contributed by atoms with Crippen LogP contribution >= 0.6 is 43.2 Å². The third kappa shape index (κ3) is 3.45. The van der Waals surface area contributed by atoms with E-state index < -0.39 is 0 Å². The standard InChI is InChI=1S/C14H14Br2FNS/c1-2-7-18-13(14-10(15)6-8-19-14)9-4-3-5-11(17)12(9)16/h3-6,8,13,18H,2,7H2,1H3. The molecule has 1 nitrogen and oxygen atoms in total. The highest BCUT2D eigenvalue weighted by atomic mass is 79.9. The van der Waals surface area contributed by atoms with Gasteiger partial charge in [-0.15, -0.1) is 11.3 Å². The Balaban J connectivity index is 2.43. The summed E-state index contributed by atoms with van der Waals surface area (Å²) < 4.78 is 15.3. The summed E-state index contributed by atoms with van der Waals surface area (Å²) in [7, 11) is 0. The lowest BCUT2D eigenvalue weighted by Gasteiger charge is -2.20. The first-order valence-electron chi connectivity index (χ1n) is 6.05. The molecule has 102 valence electrons. The van der Waals surface area contributed by atoms with Gasteiger partial charge in [-0.05, 0) is 67.9 Å². The fourth-order valence-corrected chi connectivity index (χ4v) is 4.07. The predicted molar refractivity (Wildman–Crippen MR) is 86.3 cm³/mol. The van der Waals surface area contributed by atoms with Crippen LogP contribution in [0.5, 0.6) is 0 Å². The normalized spacial score (nSPS) is 12.6. The summed E-state index contributed by atoms with van der Waals surface area (Å²) in [6.07, 6.45) is 1.03. The molecule has 2 aromatic rings. The Morgan fingerprint density at radius 2 is 2.11 bits per heavy atom. The van der Waals surface area contributed by atoms with E-state index in [2.05, 4.69) is 44.1 Å². The van der Waals surface area contributed by atoms with Gasteiger partial charge in [-0.2, -0.15) is 0 Å². The largest absolute Gasteiger partial charge is 0.306 e. The molecule has 0 saturated heterocycles. The van der Waals surface area contributed by atoms with Crippen molar-refractivity contribution in [1.82, 2.24) is 5.32 Å². The third-order valence-electron chi connectivity index (χ3n) is 2.80. The summed E-state index contributed by atoms with van der Waals surface area (Å²) in [4.78, 5) is 1.17. The molecule has 0 aliphatic carbocycles. The summed E-state index contributed by atoms with van der Waals surface area (Å²) in [5, 5.41) is 5.52. The van der Waals surface area contributed by atoms with Crippen LogP contribution in [-0.4, -0.2) is 6.54 Å². The minimum atomic E-state index is -0.228. The van der Waals surface area contributed by atoms with Gasteiger partial charge in [-0.1, -0.05) is 19.1 Å². The molecule has 1 atom stereocenters. The maximum atomic E-state index is 13.7. The van der Waals surface area contributed by atoms with Crippen molar-refractivity contribution in [1.29, 1.82) is 0 Å². The van der Waals surface area contributed by atoms with E-state index in [9.17, 15) is 4.39 Å². The Morgan fingerprint density at radius 3 is 2.74 bits per heavy atom. The number of nitrogens with one attached hydrogen (secondary N) is 1. The summed E-state index contributed by atoms with van der Waals surface area (Å²) in [5.74, 6) is -0.228. The van der Waals surface area contributed by atoms with Crippen molar-refractivity contribution >= 4 is 43.2 Å². The van der Waals surface area contributed by atoms with Crippen molar-refractivity contribution in [3.05, 3.63) is 54.8 Å². The molecular weight excluding hydrogens is 393 g/mol. The average molecular weight is 407 g/mol. The van der Waals surface area contributed by atoms with Crippen LogP contribution in [0.25, 0.3) is 0 Å². The van der Waals surface area contributed by atoms with E-state index in [1.54, 1.807) is 17.4 Å². The predicted octanol–water partition coefficient (Wildman–Crippen LogP) is 5.50. The van der Waals surface area contributed by atoms with E-state index in [0.717, 1.165) is 23.0 Å². The van der Waals surface area contributed by atoms with Gasteiger partial charge < -0.3 is 5.32 Å². The van der Waals surface area contributed by atoms with Crippen molar-refractivity contribution in [2.45, 2.75) is 19.4 Å². The van der Waals surface area contributed by atoms with Gasteiger partial charge in [0.2, 0.25) is 0 Å². The minimum Gasteiger partial charge on any atom is -0.306 e. The SMILES string of the molecule is CCCNC(c1cccc(F)c1Br)c1sccc1Br. The number of hydrogen-bond acceptors (Lipinski definition) is 2. The first-order valence-corrected chi connectivity index (χ1v) is 8.52. The van der Waals surface area contributed by atoms with E-state index in [4.69, 9.17) is 0 Å². The zero-order valence-electron chi connectivity index (χ0n) is 10.4. The highest BCUT2D eigenvalue weighted by Gasteiger charge is 2.21. The molecule has 1 aromatic carbocycles. The van der Waals surface area contributed by atoms with Gasteiger partial charge in [0.1, 0.15) is 5.82 Å². The van der Waals surface area contributed by atoms with Crippen LogP contribution in [0.15, 0.2) is 38.6 Å². The van der Waals surface area contributed by atoms with E-state index >= 15 is 0 Å². The minimum absolute atomic E-state index is 0.000556. The van der Waals surface area contributed by atoms with E-state index in [1.807, 2.05) is 17.5 Å². The van der Waals surface area contributed by atoms with Gasteiger partial charge in [0.15, 0.2) is 0 Å². The highest BCUT2D eigenvalue weighted by molar-refractivity contribution is 9.10.